The first-order chi connectivity index (χ1) is 13.0. The number of rotatable bonds is 5. The molecule has 2 aromatic carbocycles. The van der Waals surface area contributed by atoms with Crippen molar-refractivity contribution < 1.29 is 14.3 Å². The lowest BCUT2D eigenvalue weighted by Crippen LogP contribution is -2.16. The maximum absolute atomic E-state index is 12.7. The highest BCUT2D eigenvalue weighted by atomic mass is 35.5. The van der Waals surface area contributed by atoms with Crippen molar-refractivity contribution >= 4 is 58.2 Å². The van der Waals surface area contributed by atoms with E-state index in [9.17, 15) is 9.59 Å². The van der Waals surface area contributed by atoms with Gasteiger partial charge in [-0.15, -0.1) is 0 Å². The number of anilines is 2. The number of hydrogen-bond acceptors (Lipinski definition) is 5. The number of para-hydroxylation sites is 2. The van der Waals surface area contributed by atoms with Gasteiger partial charge in [-0.2, -0.15) is 11.8 Å². The Morgan fingerprint density at radius 1 is 1.00 bits per heavy atom. The lowest BCUT2D eigenvalue weighted by atomic mass is 10.2. The molecular formula is C19H16Cl2N2O3S. The van der Waals surface area contributed by atoms with Gasteiger partial charge in [-0.3, -0.25) is 4.79 Å². The highest BCUT2D eigenvalue weighted by Gasteiger charge is 2.23. The number of methoxy groups -OCH3 is 1. The molecule has 0 spiro atoms. The maximum Gasteiger partial charge on any atom is 0.336 e. The summed E-state index contributed by atoms with van der Waals surface area (Å²) in [6, 6.07) is 12.1. The van der Waals surface area contributed by atoms with E-state index in [0.717, 1.165) is 5.70 Å². The number of hydrogen-bond donors (Lipinski definition) is 2. The molecule has 27 heavy (non-hydrogen) atoms. The van der Waals surface area contributed by atoms with Crippen LogP contribution in [0.15, 0.2) is 53.7 Å². The Kier molecular flexibility index (Phi) is 6.31. The van der Waals surface area contributed by atoms with E-state index in [1.54, 1.807) is 42.1 Å². The minimum Gasteiger partial charge on any atom is -0.466 e. The molecule has 3 rings (SSSR count). The smallest absolute Gasteiger partial charge is 0.336 e. The molecule has 0 atom stereocenters. The summed E-state index contributed by atoms with van der Waals surface area (Å²) in [5, 5.41) is 6.61. The Hall–Kier alpha value is -2.15. The van der Waals surface area contributed by atoms with Gasteiger partial charge in [0, 0.05) is 17.2 Å². The first-order valence-corrected chi connectivity index (χ1v) is 9.92. The van der Waals surface area contributed by atoms with Crippen molar-refractivity contribution in [2.75, 3.05) is 29.2 Å². The first-order valence-electron chi connectivity index (χ1n) is 8.00. The number of thioether (sulfide) groups is 1. The predicted molar refractivity (Wildman–Crippen MR) is 111 cm³/mol. The van der Waals surface area contributed by atoms with Crippen molar-refractivity contribution in [3.8, 4) is 0 Å². The zero-order valence-electron chi connectivity index (χ0n) is 14.3. The number of carbonyl (C=O) groups excluding carboxylic acids is 2. The van der Waals surface area contributed by atoms with Crippen molar-refractivity contribution in [1.29, 1.82) is 0 Å². The summed E-state index contributed by atoms with van der Waals surface area (Å²) in [5.74, 6) is 0.469. The van der Waals surface area contributed by atoms with Crippen LogP contribution in [0.5, 0.6) is 0 Å². The lowest BCUT2D eigenvalue weighted by molar-refractivity contribution is -0.136. The SMILES string of the molecule is COC(=O)C1=C(Nc2ccccc2NC(=O)c2c(Cl)cccc2Cl)CSC1. The predicted octanol–water partition coefficient (Wildman–Crippen LogP) is 4.83. The van der Waals surface area contributed by atoms with Crippen molar-refractivity contribution in [1.82, 2.24) is 0 Å². The fourth-order valence-corrected chi connectivity index (χ4v) is 4.23. The van der Waals surface area contributed by atoms with Gasteiger partial charge < -0.3 is 15.4 Å². The van der Waals surface area contributed by atoms with Crippen LogP contribution in [0.1, 0.15) is 10.4 Å². The summed E-state index contributed by atoms with van der Waals surface area (Å²) in [6.07, 6.45) is 0. The molecule has 140 valence electrons. The van der Waals surface area contributed by atoms with Gasteiger partial charge in [-0.25, -0.2) is 4.79 Å². The molecule has 0 fully saturated rings. The second-order valence-corrected chi connectivity index (χ2v) is 7.46. The molecule has 0 unspecified atom stereocenters. The molecule has 0 aromatic heterocycles. The zero-order chi connectivity index (χ0) is 19.4. The van der Waals surface area contributed by atoms with Crippen LogP contribution in [-0.2, 0) is 9.53 Å². The normalized spacial score (nSPS) is 13.4. The highest BCUT2D eigenvalue weighted by molar-refractivity contribution is 8.00. The molecule has 1 heterocycles. The Labute approximate surface area is 171 Å². The molecule has 0 saturated heterocycles. The minimum atomic E-state index is -0.414. The lowest BCUT2D eigenvalue weighted by Gasteiger charge is -2.15. The van der Waals surface area contributed by atoms with Crippen molar-refractivity contribution in [3.63, 3.8) is 0 Å². The standard InChI is InChI=1S/C19H16Cl2N2O3S/c1-26-19(25)11-9-27-10-16(11)22-14-7-2-3-8-15(14)23-18(24)17-12(20)5-4-6-13(17)21/h2-8,22H,9-10H2,1H3,(H,23,24). The molecule has 1 aliphatic heterocycles. The monoisotopic (exact) mass is 422 g/mol. The number of ether oxygens (including phenoxy) is 1. The van der Waals surface area contributed by atoms with E-state index in [4.69, 9.17) is 27.9 Å². The van der Waals surface area contributed by atoms with Crippen LogP contribution in [0.3, 0.4) is 0 Å². The van der Waals surface area contributed by atoms with Gasteiger partial charge in [0.25, 0.3) is 5.91 Å². The van der Waals surface area contributed by atoms with Crippen molar-refractivity contribution in [2.45, 2.75) is 0 Å². The van der Waals surface area contributed by atoms with E-state index < -0.39 is 5.91 Å². The van der Waals surface area contributed by atoms with Crippen molar-refractivity contribution in [2.24, 2.45) is 0 Å². The van der Waals surface area contributed by atoms with Crippen LogP contribution in [-0.4, -0.2) is 30.5 Å². The van der Waals surface area contributed by atoms with E-state index in [0.29, 0.717) is 28.5 Å². The number of carbonyl (C=O) groups is 2. The van der Waals surface area contributed by atoms with E-state index in [-0.39, 0.29) is 21.6 Å². The molecule has 8 heteroatoms. The van der Waals surface area contributed by atoms with Gasteiger partial charge in [0.2, 0.25) is 0 Å². The Bertz CT molecular complexity index is 911. The van der Waals surface area contributed by atoms with Gasteiger partial charge in [0.15, 0.2) is 0 Å². The highest BCUT2D eigenvalue weighted by Crippen LogP contribution is 2.31. The number of nitrogens with one attached hydrogen (secondary N) is 2. The van der Waals surface area contributed by atoms with Gasteiger partial charge in [0.05, 0.1) is 39.7 Å². The largest absolute Gasteiger partial charge is 0.466 e. The maximum atomic E-state index is 12.7. The third-order valence-electron chi connectivity index (χ3n) is 3.94. The third kappa shape index (κ3) is 4.40. The molecule has 0 aliphatic carbocycles. The molecule has 0 saturated carbocycles. The molecule has 0 bridgehead atoms. The Morgan fingerprint density at radius 3 is 2.33 bits per heavy atom. The fraction of sp³-hybridized carbons (Fsp3) is 0.158. The summed E-state index contributed by atoms with van der Waals surface area (Å²) in [6.45, 7) is 0. The van der Waals surface area contributed by atoms with Crippen LogP contribution in [0.25, 0.3) is 0 Å². The van der Waals surface area contributed by atoms with Crippen LogP contribution in [0, 0.1) is 0 Å². The second-order valence-electron chi connectivity index (χ2n) is 5.66. The number of halogens is 2. The van der Waals surface area contributed by atoms with E-state index >= 15 is 0 Å². The van der Waals surface area contributed by atoms with Crippen molar-refractivity contribution in [3.05, 3.63) is 69.3 Å². The van der Waals surface area contributed by atoms with Gasteiger partial charge in [-0.1, -0.05) is 41.4 Å². The average Bonchev–Trinajstić information content (AvgIpc) is 3.10. The van der Waals surface area contributed by atoms with Crippen LogP contribution < -0.4 is 10.6 Å². The Morgan fingerprint density at radius 2 is 1.67 bits per heavy atom. The molecule has 1 aliphatic rings. The molecule has 2 N–H and O–H groups in total. The number of benzene rings is 2. The molecule has 2 aromatic rings. The molecule has 5 nitrogen and oxygen atoms in total. The number of amides is 1. The van der Waals surface area contributed by atoms with Gasteiger partial charge in [0.1, 0.15) is 0 Å². The minimum absolute atomic E-state index is 0.210. The number of esters is 1. The molecule has 1 amide bonds. The Balaban J connectivity index is 1.87. The van der Waals surface area contributed by atoms with E-state index in [2.05, 4.69) is 10.6 Å². The molecule has 0 radical (unpaired) electrons. The summed E-state index contributed by atoms with van der Waals surface area (Å²) in [5.41, 5.74) is 2.78. The summed E-state index contributed by atoms with van der Waals surface area (Å²) >= 11 is 13.8. The van der Waals surface area contributed by atoms with Crippen LogP contribution in [0.2, 0.25) is 10.0 Å². The summed E-state index contributed by atoms with van der Waals surface area (Å²) in [7, 11) is 1.36. The van der Waals surface area contributed by atoms with Crippen LogP contribution >= 0.6 is 35.0 Å². The second kappa shape index (κ2) is 8.69. The summed E-state index contributed by atoms with van der Waals surface area (Å²) < 4.78 is 4.83. The van der Waals surface area contributed by atoms with Gasteiger partial charge in [-0.05, 0) is 24.3 Å². The van der Waals surface area contributed by atoms with Crippen LogP contribution in [0.4, 0.5) is 11.4 Å². The fourth-order valence-electron chi connectivity index (χ4n) is 2.61. The van der Waals surface area contributed by atoms with E-state index in [1.807, 2.05) is 12.1 Å². The average molecular weight is 423 g/mol. The van der Waals surface area contributed by atoms with Gasteiger partial charge >= 0.3 is 5.97 Å². The zero-order valence-corrected chi connectivity index (χ0v) is 16.7. The molecular weight excluding hydrogens is 407 g/mol. The third-order valence-corrected chi connectivity index (χ3v) is 5.56. The van der Waals surface area contributed by atoms with E-state index in [1.165, 1.54) is 7.11 Å². The quantitative estimate of drug-likeness (QED) is 0.675. The first kappa shape index (κ1) is 19.6. The summed E-state index contributed by atoms with van der Waals surface area (Å²) in [4.78, 5) is 24.6. The topological polar surface area (TPSA) is 67.4 Å².